The van der Waals surface area contributed by atoms with Gasteiger partial charge in [-0.25, -0.2) is 8.78 Å². The largest absolute Gasteiger partial charge is 0.206 e. The molecule has 0 radical (unpaired) electrons. The van der Waals surface area contributed by atoms with Crippen LogP contribution in [0, 0.1) is 11.6 Å². The van der Waals surface area contributed by atoms with Gasteiger partial charge >= 0.3 is 0 Å². The van der Waals surface area contributed by atoms with Gasteiger partial charge in [0.25, 0.3) is 0 Å². The van der Waals surface area contributed by atoms with Gasteiger partial charge in [0, 0.05) is 11.0 Å². The average Bonchev–Trinajstić information content (AvgIpc) is 2.01. The van der Waals surface area contributed by atoms with Gasteiger partial charge < -0.3 is 0 Å². The first-order valence-electron chi connectivity index (χ1n) is 2.85. The van der Waals surface area contributed by atoms with E-state index in [0.717, 1.165) is 6.07 Å². The van der Waals surface area contributed by atoms with Crippen molar-refractivity contribution in [2.24, 2.45) is 5.11 Å². The molecule has 0 fully saturated rings. The molecule has 62 valence electrons. The van der Waals surface area contributed by atoms with E-state index < -0.39 is 11.6 Å². The molecular formula is C6H2BrF2N3. The Morgan fingerprint density at radius 1 is 1.33 bits per heavy atom. The van der Waals surface area contributed by atoms with Crippen molar-refractivity contribution in [2.45, 2.75) is 0 Å². The molecule has 0 spiro atoms. The summed E-state index contributed by atoms with van der Waals surface area (Å²) in [7, 11) is 0. The van der Waals surface area contributed by atoms with Crippen LogP contribution in [-0.2, 0) is 0 Å². The van der Waals surface area contributed by atoms with Crippen molar-refractivity contribution in [3.05, 3.63) is 38.7 Å². The molecule has 0 saturated carbocycles. The lowest BCUT2D eigenvalue weighted by Crippen LogP contribution is -1.81. The summed E-state index contributed by atoms with van der Waals surface area (Å²) in [4.78, 5) is 2.38. The van der Waals surface area contributed by atoms with Gasteiger partial charge in [0.15, 0.2) is 0 Å². The number of rotatable bonds is 1. The van der Waals surface area contributed by atoms with Crippen molar-refractivity contribution < 1.29 is 8.78 Å². The van der Waals surface area contributed by atoms with Crippen molar-refractivity contribution in [1.29, 1.82) is 0 Å². The summed E-state index contributed by atoms with van der Waals surface area (Å²) in [5, 5.41) is 3.02. The summed E-state index contributed by atoms with van der Waals surface area (Å²) < 4.78 is 25.3. The summed E-state index contributed by atoms with van der Waals surface area (Å²) in [6.45, 7) is 0. The highest BCUT2D eigenvalue weighted by Gasteiger charge is 2.05. The highest BCUT2D eigenvalue weighted by atomic mass is 79.9. The van der Waals surface area contributed by atoms with Crippen LogP contribution in [-0.4, -0.2) is 0 Å². The lowest BCUT2D eigenvalue weighted by atomic mass is 10.3. The standard InChI is InChI=1S/C6H2BrF2N3/c7-3-1-6(11-12-10)5(9)2-4(3)8/h1-2H. The highest BCUT2D eigenvalue weighted by molar-refractivity contribution is 9.10. The lowest BCUT2D eigenvalue weighted by molar-refractivity contribution is 0.580. The van der Waals surface area contributed by atoms with E-state index in [1.54, 1.807) is 0 Å². The molecule has 0 amide bonds. The van der Waals surface area contributed by atoms with Crippen LogP contribution in [0.2, 0.25) is 0 Å². The Hall–Kier alpha value is -1.13. The van der Waals surface area contributed by atoms with Crippen molar-refractivity contribution in [3.8, 4) is 0 Å². The van der Waals surface area contributed by atoms with Gasteiger partial charge in [0.05, 0.1) is 10.2 Å². The van der Waals surface area contributed by atoms with Crippen molar-refractivity contribution in [1.82, 2.24) is 0 Å². The first kappa shape index (κ1) is 8.96. The Morgan fingerprint density at radius 2 is 2.00 bits per heavy atom. The predicted molar refractivity (Wildman–Crippen MR) is 42.9 cm³/mol. The van der Waals surface area contributed by atoms with Crippen LogP contribution in [0.1, 0.15) is 0 Å². The number of nitrogens with zero attached hydrogens (tertiary/aromatic N) is 3. The van der Waals surface area contributed by atoms with Gasteiger partial charge in [0.1, 0.15) is 11.6 Å². The van der Waals surface area contributed by atoms with Gasteiger partial charge in [0.2, 0.25) is 0 Å². The third-order valence-electron chi connectivity index (χ3n) is 1.14. The van der Waals surface area contributed by atoms with E-state index in [1.165, 1.54) is 0 Å². The molecular weight excluding hydrogens is 232 g/mol. The molecule has 0 aliphatic carbocycles. The molecule has 0 atom stereocenters. The van der Waals surface area contributed by atoms with Gasteiger partial charge in [-0.1, -0.05) is 5.11 Å². The maximum absolute atomic E-state index is 12.7. The van der Waals surface area contributed by atoms with E-state index in [4.69, 9.17) is 5.53 Å². The van der Waals surface area contributed by atoms with Crippen LogP contribution in [0.4, 0.5) is 14.5 Å². The number of halogens is 3. The maximum Gasteiger partial charge on any atom is 0.140 e. The average molecular weight is 234 g/mol. The molecule has 0 aromatic heterocycles. The molecule has 0 N–H and O–H groups in total. The van der Waals surface area contributed by atoms with Crippen molar-refractivity contribution >= 4 is 21.6 Å². The zero-order valence-electron chi connectivity index (χ0n) is 5.63. The molecule has 12 heavy (non-hydrogen) atoms. The predicted octanol–water partition coefficient (Wildman–Crippen LogP) is 3.67. The van der Waals surface area contributed by atoms with Crippen LogP contribution in [0.5, 0.6) is 0 Å². The number of azide groups is 1. The molecule has 0 aliphatic rings. The summed E-state index contributed by atoms with van der Waals surface area (Å²) >= 11 is 2.83. The fourth-order valence-electron chi connectivity index (χ4n) is 0.637. The molecule has 0 saturated heterocycles. The second kappa shape index (κ2) is 3.51. The summed E-state index contributed by atoms with van der Waals surface area (Å²) in [6.07, 6.45) is 0. The number of benzene rings is 1. The minimum atomic E-state index is -0.881. The summed E-state index contributed by atoms with van der Waals surface area (Å²) in [6, 6.07) is 1.72. The van der Waals surface area contributed by atoms with Crippen LogP contribution in [0.15, 0.2) is 21.7 Å². The second-order valence-corrected chi connectivity index (χ2v) is 2.76. The van der Waals surface area contributed by atoms with Gasteiger partial charge in [-0.3, -0.25) is 0 Å². The summed E-state index contributed by atoms with van der Waals surface area (Å²) in [5.41, 5.74) is 7.76. The van der Waals surface area contributed by atoms with Crippen molar-refractivity contribution in [2.75, 3.05) is 0 Å². The van der Waals surface area contributed by atoms with E-state index in [1.807, 2.05) is 0 Å². The van der Waals surface area contributed by atoms with E-state index in [2.05, 4.69) is 26.0 Å². The lowest BCUT2D eigenvalue weighted by Gasteiger charge is -1.97. The van der Waals surface area contributed by atoms with E-state index >= 15 is 0 Å². The zero-order valence-corrected chi connectivity index (χ0v) is 7.22. The van der Waals surface area contributed by atoms with Gasteiger partial charge in [-0.2, -0.15) is 0 Å². The molecule has 0 unspecified atom stereocenters. The van der Waals surface area contributed by atoms with Crippen LogP contribution in [0.25, 0.3) is 10.4 Å². The Kier molecular flexibility index (Phi) is 2.62. The normalized spacial score (nSPS) is 9.25. The van der Waals surface area contributed by atoms with Crippen molar-refractivity contribution in [3.63, 3.8) is 0 Å². The fourth-order valence-corrected chi connectivity index (χ4v) is 0.968. The van der Waals surface area contributed by atoms with E-state index in [-0.39, 0.29) is 10.2 Å². The Labute approximate surface area is 74.8 Å². The van der Waals surface area contributed by atoms with Crippen LogP contribution >= 0.6 is 15.9 Å². The molecule has 6 heteroatoms. The SMILES string of the molecule is [N-]=[N+]=Nc1cc(Br)c(F)cc1F. The molecule has 1 aromatic rings. The number of hydrogen-bond donors (Lipinski definition) is 0. The monoisotopic (exact) mass is 233 g/mol. The Balaban J connectivity index is 3.32. The molecule has 1 aromatic carbocycles. The third-order valence-corrected chi connectivity index (χ3v) is 1.75. The molecule has 1 rings (SSSR count). The highest BCUT2D eigenvalue weighted by Crippen LogP contribution is 2.25. The molecule has 0 heterocycles. The maximum atomic E-state index is 12.7. The first-order chi connectivity index (χ1) is 5.65. The Morgan fingerprint density at radius 3 is 2.58 bits per heavy atom. The minimum absolute atomic E-state index is 0.0614. The fraction of sp³-hybridized carbons (Fsp3) is 0. The molecule has 0 bridgehead atoms. The van der Waals surface area contributed by atoms with E-state index in [0.29, 0.717) is 6.07 Å². The quantitative estimate of drug-likeness (QED) is 0.308. The topological polar surface area (TPSA) is 48.8 Å². The molecule has 3 nitrogen and oxygen atoms in total. The second-order valence-electron chi connectivity index (χ2n) is 1.91. The minimum Gasteiger partial charge on any atom is -0.206 e. The zero-order chi connectivity index (χ0) is 9.14. The third kappa shape index (κ3) is 1.72. The summed E-state index contributed by atoms with van der Waals surface area (Å²) in [5.74, 6) is -1.61. The van der Waals surface area contributed by atoms with Crippen LogP contribution < -0.4 is 0 Å². The van der Waals surface area contributed by atoms with Crippen LogP contribution in [0.3, 0.4) is 0 Å². The van der Waals surface area contributed by atoms with Gasteiger partial charge in [-0.05, 0) is 27.5 Å². The first-order valence-corrected chi connectivity index (χ1v) is 3.64. The Bertz CT molecular complexity index is 360. The smallest absolute Gasteiger partial charge is 0.140 e. The van der Waals surface area contributed by atoms with Gasteiger partial charge in [-0.15, -0.1) is 0 Å². The molecule has 0 aliphatic heterocycles. The van der Waals surface area contributed by atoms with E-state index in [9.17, 15) is 8.78 Å². The number of hydrogen-bond acceptors (Lipinski definition) is 1.